The van der Waals surface area contributed by atoms with Crippen LogP contribution in [-0.4, -0.2) is 46.7 Å². The predicted molar refractivity (Wildman–Crippen MR) is 95.2 cm³/mol. The minimum absolute atomic E-state index is 0.115. The van der Waals surface area contributed by atoms with Gasteiger partial charge in [0, 0.05) is 13.1 Å². The summed E-state index contributed by atoms with van der Waals surface area (Å²) in [6.45, 7) is 0.461. The summed E-state index contributed by atoms with van der Waals surface area (Å²) < 4.78 is 4.70. The van der Waals surface area contributed by atoms with Crippen LogP contribution < -0.4 is 5.48 Å². The molecule has 2 aromatic carbocycles. The van der Waals surface area contributed by atoms with Gasteiger partial charge in [0.2, 0.25) is 0 Å². The van der Waals surface area contributed by atoms with Gasteiger partial charge in [-0.05, 0) is 35.4 Å². The third kappa shape index (κ3) is 5.91. The maximum absolute atomic E-state index is 11.7. The lowest BCUT2D eigenvalue weighted by Crippen LogP contribution is -2.35. The zero-order valence-corrected chi connectivity index (χ0v) is 14.7. The van der Waals surface area contributed by atoms with Gasteiger partial charge in [0.15, 0.2) is 0 Å². The average molecular weight is 372 g/mol. The summed E-state index contributed by atoms with van der Waals surface area (Å²) in [5.74, 6) is -2.11. The van der Waals surface area contributed by atoms with Gasteiger partial charge in [0.1, 0.15) is 0 Å². The van der Waals surface area contributed by atoms with E-state index in [1.165, 1.54) is 19.2 Å². The third-order valence-corrected chi connectivity index (χ3v) is 3.83. The molecule has 2 rings (SSSR count). The standard InChI is InChI=1S/C19H20N2O6/c1-27-19(25)16-7-3-5-14(9-16)11-21(12-17(22)20-26)10-13-4-2-6-15(8-13)18(23)24/h2-9,26H,10-12H2,1H3,(H,20,22)(H,23,24). The molecule has 142 valence electrons. The Balaban J connectivity index is 2.22. The van der Waals surface area contributed by atoms with Crippen LogP contribution in [0, 0.1) is 0 Å². The van der Waals surface area contributed by atoms with Crippen LogP contribution in [0.25, 0.3) is 0 Å². The summed E-state index contributed by atoms with van der Waals surface area (Å²) in [7, 11) is 1.29. The number of rotatable bonds is 8. The van der Waals surface area contributed by atoms with E-state index >= 15 is 0 Å². The van der Waals surface area contributed by atoms with Crippen molar-refractivity contribution in [2.45, 2.75) is 13.1 Å². The molecule has 0 saturated carbocycles. The fourth-order valence-electron chi connectivity index (χ4n) is 2.64. The van der Waals surface area contributed by atoms with Gasteiger partial charge < -0.3 is 9.84 Å². The van der Waals surface area contributed by atoms with E-state index < -0.39 is 17.8 Å². The van der Waals surface area contributed by atoms with Crippen molar-refractivity contribution in [3.63, 3.8) is 0 Å². The Morgan fingerprint density at radius 1 is 1.00 bits per heavy atom. The molecule has 0 aliphatic carbocycles. The third-order valence-electron chi connectivity index (χ3n) is 3.83. The zero-order chi connectivity index (χ0) is 19.8. The maximum atomic E-state index is 11.7. The van der Waals surface area contributed by atoms with Gasteiger partial charge >= 0.3 is 11.9 Å². The van der Waals surface area contributed by atoms with Crippen molar-refractivity contribution in [3.8, 4) is 0 Å². The summed E-state index contributed by atoms with van der Waals surface area (Å²) in [4.78, 5) is 36.1. The summed E-state index contributed by atoms with van der Waals surface area (Å²) in [6, 6.07) is 13.2. The van der Waals surface area contributed by atoms with Crippen molar-refractivity contribution < 1.29 is 29.4 Å². The van der Waals surface area contributed by atoms with Gasteiger partial charge in [-0.1, -0.05) is 24.3 Å². The summed E-state index contributed by atoms with van der Waals surface area (Å²) in [6.07, 6.45) is 0. The Kier molecular flexibility index (Phi) is 7.04. The number of carboxylic acids is 1. The highest BCUT2D eigenvalue weighted by atomic mass is 16.5. The van der Waals surface area contributed by atoms with E-state index in [0.29, 0.717) is 17.7 Å². The molecule has 2 aromatic rings. The molecule has 8 heteroatoms. The van der Waals surface area contributed by atoms with Crippen LogP contribution in [0.5, 0.6) is 0 Å². The SMILES string of the molecule is COC(=O)c1cccc(CN(CC(=O)NO)Cc2cccc(C(=O)O)c2)c1. The Bertz CT molecular complexity index is 836. The number of carbonyl (C=O) groups excluding carboxylic acids is 2. The van der Waals surface area contributed by atoms with E-state index in [9.17, 15) is 14.4 Å². The molecule has 0 atom stereocenters. The molecule has 0 aliphatic heterocycles. The maximum Gasteiger partial charge on any atom is 0.337 e. The number of aromatic carboxylic acids is 1. The Labute approximate surface area is 155 Å². The van der Waals surface area contributed by atoms with Crippen LogP contribution >= 0.6 is 0 Å². The number of ether oxygens (including phenoxy) is 1. The Morgan fingerprint density at radius 3 is 2.07 bits per heavy atom. The summed E-state index contributed by atoms with van der Waals surface area (Å²) in [5.41, 5.74) is 3.58. The second-order valence-electron chi connectivity index (χ2n) is 5.88. The van der Waals surface area contributed by atoms with Crippen LogP contribution in [-0.2, 0) is 22.6 Å². The first-order chi connectivity index (χ1) is 12.9. The number of hydroxylamine groups is 1. The second kappa shape index (κ2) is 9.46. The summed E-state index contributed by atoms with van der Waals surface area (Å²) in [5, 5.41) is 17.9. The first-order valence-corrected chi connectivity index (χ1v) is 8.07. The lowest BCUT2D eigenvalue weighted by Gasteiger charge is -2.22. The molecule has 0 heterocycles. The fraction of sp³-hybridized carbons (Fsp3) is 0.211. The van der Waals surface area contributed by atoms with E-state index in [1.54, 1.807) is 46.8 Å². The van der Waals surface area contributed by atoms with Crippen molar-refractivity contribution in [1.82, 2.24) is 10.4 Å². The monoisotopic (exact) mass is 372 g/mol. The molecule has 0 bridgehead atoms. The first kappa shape index (κ1) is 20.1. The normalized spacial score (nSPS) is 10.5. The summed E-state index contributed by atoms with van der Waals surface area (Å²) >= 11 is 0. The van der Waals surface area contributed by atoms with Crippen LogP contribution in [0.2, 0.25) is 0 Å². The van der Waals surface area contributed by atoms with E-state index in [0.717, 1.165) is 5.56 Å². The molecule has 0 unspecified atom stereocenters. The number of benzene rings is 2. The molecule has 3 N–H and O–H groups in total. The van der Waals surface area contributed by atoms with Crippen molar-refractivity contribution in [1.29, 1.82) is 0 Å². The number of nitrogens with one attached hydrogen (secondary N) is 1. The Morgan fingerprint density at radius 2 is 1.56 bits per heavy atom. The Hall–Kier alpha value is -3.23. The highest BCUT2D eigenvalue weighted by molar-refractivity contribution is 5.89. The van der Waals surface area contributed by atoms with E-state index in [-0.39, 0.29) is 18.7 Å². The van der Waals surface area contributed by atoms with Gasteiger partial charge in [-0.25, -0.2) is 15.1 Å². The van der Waals surface area contributed by atoms with Crippen LogP contribution in [0.15, 0.2) is 48.5 Å². The van der Waals surface area contributed by atoms with Gasteiger partial charge in [0.25, 0.3) is 5.91 Å². The number of methoxy groups -OCH3 is 1. The molecule has 8 nitrogen and oxygen atoms in total. The second-order valence-corrected chi connectivity index (χ2v) is 5.88. The van der Waals surface area contributed by atoms with Crippen molar-refractivity contribution in [3.05, 3.63) is 70.8 Å². The van der Waals surface area contributed by atoms with E-state index in [1.807, 2.05) is 0 Å². The largest absolute Gasteiger partial charge is 0.478 e. The zero-order valence-electron chi connectivity index (χ0n) is 14.7. The molecule has 0 saturated heterocycles. The van der Waals surface area contributed by atoms with E-state index in [4.69, 9.17) is 15.1 Å². The number of amides is 1. The number of hydrogen-bond acceptors (Lipinski definition) is 6. The molecule has 0 radical (unpaired) electrons. The molecule has 0 spiro atoms. The topological polar surface area (TPSA) is 116 Å². The molecular weight excluding hydrogens is 352 g/mol. The van der Waals surface area contributed by atoms with Crippen LogP contribution in [0.4, 0.5) is 0 Å². The van der Waals surface area contributed by atoms with E-state index in [2.05, 4.69) is 0 Å². The van der Waals surface area contributed by atoms with Gasteiger partial charge in [0.05, 0.1) is 24.8 Å². The number of nitrogens with zero attached hydrogens (tertiary/aromatic N) is 1. The fourth-order valence-corrected chi connectivity index (χ4v) is 2.64. The lowest BCUT2D eigenvalue weighted by molar-refractivity contribution is -0.130. The van der Waals surface area contributed by atoms with Crippen molar-refractivity contribution in [2.24, 2.45) is 0 Å². The van der Waals surface area contributed by atoms with Crippen molar-refractivity contribution in [2.75, 3.05) is 13.7 Å². The van der Waals surface area contributed by atoms with Gasteiger partial charge in [-0.15, -0.1) is 0 Å². The molecule has 0 aliphatic rings. The van der Waals surface area contributed by atoms with Crippen LogP contribution in [0.1, 0.15) is 31.8 Å². The van der Waals surface area contributed by atoms with Crippen molar-refractivity contribution >= 4 is 17.8 Å². The molecular formula is C19H20N2O6. The number of esters is 1. The lowest BCUT2D eigenvalue weighted by atomic mass is 10.1. The molecule has 27 heavy (non-hydrogen) atoms. The average Bonchev–Trinajstić information content (AvgIpc) is 2.67. The van der Waals surface area contributed by atoms with Crippen LogP contribution in [0.3, 0.4) is 0 Å². The quantitative estimate of drug-likeness (QED) is 0.367. The molecule has 1 amide bonds. The highest BCUT2D eigenvalue weighted by Crippen LogP contribution is 2.14. The highest BCUT2D eigenvalue weighted by Gasteiger charge is 2.14. The van der Waals surface area contributed by atoms with Gasteiger partial charge in [-0.2, -0.15) is 0 Å². The number of hydrogen-bond donors (Lipinski definition) is 3. The smallest absolute Gasteiger partial charge is 0.337 e. The molecule has 0 aromatic heterocycles. The molecule has 0 fully saturated rings. The number of carboxylic acid groups (broad SMARTS) is 1. The predicted octanol–water partition coefficient (Wildman–Crippen LogP) is 1.68. The van der Waals surface area contributed by atoms with Gasteiger partial charge in [-0.3, -0.25) is 14.9 Å². The minimum Gasteiger partial charge on any atom is -0.478 e. The minimum atomic E-state index is -1.04. The number of carbonyl (C=O) groups is 3. The first-order valence-electron chi connectivity index (χ1n) is 8.07.